The van der Waals surface area contributed by atoms with E-state index in [1.54, 1.807) is 17.7 Å². The van der Waals surface area contributed by atoms with Crippen LogP contribution in [0.15, 0.2) is 67.9 Å². The topological polar surface area (TPSA) is 43.6 Å². The zero-order valence-electron chi connectivity index (χ0n) is 25.4. The van der Waals surface area contributed by atoms with Gasteiger partial charge in [0.05, 0.1) is 15.9 Å². The largest absolute Gasteiger partial charge is 0.299 e. The van der Waals surface area contributed by atoms with Crippen LogP contribution in [0.2, 0.25) is 0 Å². The van der Waals surface area contributed by atoms with Crippen LogP contribution in [0.5, 0.6) is 0 Å². The van der Waals surface area contributed by atoms with Crippen LogP contribution in [0.4, 0.5) is 0 Å². The Morgan fingerprint density at radius 2 is 1.52 bits per heavy atom. The minimum atomic E-state index is 0.338. The second kappa shape index (κ2) is 12.3. The van der Waals surface area contributed by atoms with Gasteiger partial charge in [0.2, 0.25) is 0 Å². The molecule has 40 heavy (non-hydrogen) atoms. The van der Waals surface area contributed by atoms with Gasteiger partial charge in [-0.2, -0.15) is 0 Å². The molecule has 0 saturated heterocycles. The Balaban J connectivity index is 0.00000181. The maximum absolute atomic E-state index is 4.97. The molecule has 0 atom stereocenters. The van der Waals surface area contributed by atoms with Crippen LogP contribution in [-0.2, 0) is 0 Å². The van der Waals surface area contributed by atoms with Crippen molar-refractivity contribution in [1.82, 2.24) is 19.5 Å². The van der Waals surface area contributed by atoms with E-state index in [0.717, 1.165) is 32.6 Å². The Morgan fingerprint density at radius 1 is 0.875 bits per heavy atom. The van der Waals surface area contributed by atoms with E-state index in [1.165, 1.54) is 32.6 Å². The molecule has 208 valence electrons. The molecule has 0 saturated carbocycles. The van der Waals surface area contributed by atoms with Crippen molar-refractivity contribution in [2.45, 2.75) is 80.1 Å². The SMILES string of the molecule is C=C/C(=C\C)c1cc(C(C)C)c(-n2ccnc2-c2cc3c(cc2C(C)C)sc2cncnc23)c(C(C)C)c1.CC. The summed E-state index contributed by atoms with van der Waals surface area (Å²) in [6.45, 7) is 23.7. The molecule has 0 radical (unpaired) electrons. The fourth-order valence-corrected chi connectivity index (χ4v) is 6.40. The zero-order chi connectivity index (χ0) is 29.1. The van der Waals surface area contributed by atoms with Crippen LogP contribution in [0.1, 0.15) is 102 Å². The van der Waals surface area contributed by atoms with Crippen LogP contribution in [0.25, 0.3) is 43.0 Å². The smallest absolute Gasteiger partial charge is 0.144 e. The lowest BCUT2D eigenvalue weighted by Crippen LogP contribution is -2.10. The molecule has 5 rings (SSSR count). The minimum Gasteiger partial charge on any atom is -0.299 e. The van der Waals surface area contributed by atoms with Crippen LogP contribution < -0.4 is 0 Å². The fourth-order valence-electron chi connectivity index (χ4n) is 5.34. The van der Waals surface area contributed by atoms with Crippen LogP contribution in [0, 0.1) is 0 Å². The number of benzene rings is 2. The first-order chi connectivity index (χ1) is 19.2. The number of rotatable bonds is 7. The highest BCUT2D eigenvalue weighted by atomic mass is 32.1. The second-order valence-electron chi connectivity index (χ2n) is 10.8. The first-order valence-electron chi connectivity index (χ1n) is 14.4. The Bertz CT molecular complexity index is 1650. The van der Waals surface area contributed by atoms with E-state index in [0.29, 0.717) is 17.8 Å². The van der Waals surface area contributed by atoms with Crippen LogP contribution >= 0.6 is 11.3 Å². The lowest BCUT2D eigenvalue weighted by molar-refractivity contribution is 0.804. The average molecular weight is 551 g/mol. The molecule has 0 spiro atoms. The van der Waals surface area contributed by atoms with Gasteiger partial charge in [-0.15, -0.1) is 11.3 Å². The molecule has 0 unspecified atom stereocenters. The number of fused-ring (bicyclic) bond motifs is 3. The van der Waals surface area contributed by atoms with Crippen molar-refractivity contribution in [1.29, 1.82) is 0 Å². The highest BCUT2D eigenvalue weighted by Crippen LogP contribution is 2.41. The third-order valence-corrected chi connectivity index (χ3v) is 8.40. The van der Waals surface area contributed by atoms with E-state index >= 15 is 0 Å². The van der Waals surface area contributed by atoms with E-state index in [1.807, 2.05) is 32.3 Å². The van der Waals surface area contributed by atoms with E-state index in [4.69, 9.17) is 4.98 Å². The van der Waals surface area contributed by atoms with Gasteiger partial charge in [0.25, 0.3) is 0 Å². The summed E-state index contributed by atoms with van der Waals surface area (Å²) in [6.07, 6.45) is 11.7. The van der Waals surface area contributed by atoms with Crippen molar-refractivity contribution in [3.63, 3.8) is 0 Å². The van der Waals surface area contributed by atoms with Crippen molar-refractivity contribution >= 4 is 37.2 Å². The van der Waals surface area contributed by atoms with Crippen molar-refractivity contribution in [3.8, 4) is 17.1 Å². The van der Waals surface area contributed by atoms with Gasteiger partial charge in [-0.05, 0) is 76.8 Å². The highest BCUT2D eigenvalue weighted by Gasteiger charge is 2.23. The number of allylic oxidation sites excluding steroid dienone is 3. The van der Waals surface area contributed by atoms with Crippen LogP contribution in [-0.4, -0.2) is 19.5 Å². The molecule has 2 aromatic carbocycles. The maximum atomic E-state index is 4.97. The molecule has 0 aliphatic carbocycles. The van der Waals surface area contributed by atoms with Gasteiger partial charge in [-0.1, -0.05) is 74.1 Å². The Kier molecular flexibility index (Phi) is 9.05. The van der Waals surface area contributed by atoms with Crippen molar-refractivity contribution < 1.29 is 0 Å². The first-order valence-corrected chi connectivity index (χ1v) is 15.2. The third-order valence-electron chi connectivity index (χ3n) is 7.33. The minimum absolute atomic E-state index is 0.338. The summed E-state index contributed by atoms with van der Waals surface area (Å²) in [4.78, 5) is 13.8. The Morgan fingerprint density at radius 3 is 2.10 bits per heavy atom. The normalized spacial score (nSPS) is 12.1. The third kappa shape index (κ3) is 5.27. The number of aromatic nitrogens is 4. The number of hydrogen-bond acceptors (Lipinski definition) is 4. The molecule has 3 aromatic heterocycles. The lowest BCUT2D eigenvalue weighted by Gasteiger charge is -2.24. The predicted octanol–water partition coefficient (Wildman–Crippen LogP) is 10.7. The van der Waals surface area contributed by atoms with Crippen molar-refractivity contribution in [3.05, 3.63) is 90.2 Å². The van der Waals surface area contributed by atoms with Gasteiger partial charge in [-0.3, -0.25) is 4.57 Å². The summed E-state index contributed by atoms with van der Waals surface area (Å²) in [5, 5.41) is 1.16. The Hall–Kier alpha value is -3.57. The summed E-state index contributed by atoms with van der Waals surface area (Å²) in [5.41, 5.74) is 9.69. The highest BCUT2D eigenvalue weighted by molar-refractivity contribution is 7.25. The average Bonchev–Trinajstić information content (AvgIpc) is 3.58. The van der Waals surface area contributed by atoms with Gasteiger partial charge in [0, 0.05) is 34.2 Å². The fraction of sp³-hybridized carbons (Fsp3) is 0.343. The molecular weight excluding hydrogens is 508 g/mol. The zero-order valence-corrected chi connectivity index (χ0v) is 26.2. The van der Waals surface area contributed by atoms with E-state index in [-0.39, 0.29) is 0 Å². The molecular formula is C35H42N4S. The predicted molar refractivity (Wildman–Crippen MR) is 175 cm³/mol. The number of hydrogen-bond donors (Lipinski definition) is 0. The van der Waals surface area contributed by atoms with Crippen molar-refractivity contribution in [2.75, 3.05) is 0 Å². The van der Waals surface area contributed by atoms with Gasteiger partial charge in [0.15, 0.2) is 0 Å². The van der Waals surface area contributed by atoms with Crippen molar-refractivity contribution in [2.24, 2.45) is 0 Å². The maximum Gasteiger partial charge on any atom is 0.144 e. The van der Waals surface area contributed by atoms with E-state index in [9.17, 15) is 0 Å². The molecule has 5 heteroatoms. The van der Waals surface area contributed by atoms with Gasteiger partial charge < -0.3 is 0 Å². The number of nitrogens with zero attached hydrogens (tertiary/aromatic N) is 4. The van der Waals surface area contributed by atoms with Gasteiger partial charge >= 0.3 is 0 Å². The second-order valence-corrected chi connectivity index (χ2v) is 11.9. The van der Waals surface area contributed by atoms with Crippen LogP contribution in [0.3, 0.4) is 0 Å². The van der Waals surface area contributed by atoms with Gasteiger partial charge in [-0.25, -0.2) is 15.0 Å². The quantitative estimate of drug-likeness (QED) is 0.189. The molecule has 5 aromatic rings. The molecule has 0 aliphatic heterocycles. The summed E-state index contributed by atoms with van der Waals surface area (Å²) < 4.78 is 4.66. The molecule has 0 amide bonds. The lowest BCUT2D eigenvalue weighted by atomic mass is 9.87. The molecule has 4 nitrogen and oxygen atoms in total. The first kappa shape index (κ1) is 29.4. The number of imidazole rings is 1. The summed E-state index contributed by atoms with van der Waals surface area (Å²) in [5.74, 6) is 1.99. The molecule has 0 N–H and O–H groups in total. The monoisotopic (exact) mass is 550 g/mol. The van der Waals surface area contributed by atoms with E-state index < -0.39 is 0 Å². The molecule has 0 aliphatic rings. The summed E-state index contributed by atoms with van der Waals surface area (Å²) in [7, 11) is 0. The molecule has 3 heterocycles. The standard InChI is InChI=1S/C33H36N4S.C2H6/c1-9-22(10-2)23-13-25(20(5)6)32(26(14-23)21(7)8)37-12-11-35-33(37)27-15-28-29(16-24(27)19(3)4)38-30-17-34-18-36-31(28)30;1-2/h9-21H,1H2,2-8H3;1-2H3/b22-10+;. The molecule has 0 fully saturated rings. The van der Waals surface area contributed by atoms with Gasteiger partial charge in [0.1, 0.15) is 12.2 Å². The number of thiophene rings is 1. The summed E-state index contributed by atoms with van der Waals surface area (Å²) in [6, 6.07) is 9.30. The molecule has 0 bridgehead atoms. The Labute approximate surface area is 243 Å². The summed E-state index contributed by atoms with van der Waals surface area (Å²) >= 11 is 1.76. The van der Waals surface area contributed by atoms with E-state index in [2.05, 4.69) is 106 Å².